The molecule has 0 saturated heterocycles. The molecule has 3 heterocycles. The fourth-order valence-corrected chi connectivity index (χ4v) is 3.28. The Bertz CT molecular complexity index is 1360. The minimum atomic E-state index is -0.612. The van der Waals surface area contributed by atoms with Gasteiger partial charge in [0.15, 0.2) is 5.65 Å². The van der Waals surface area contributed by atoms with Gasteiger partial charge in [-0.25, -0.2) is 14.5 Å². The number of esters is 1. The van der Waals surface area contributed by atoms with Crippen LogP contribution in [0.1, 0.15) is 16.1 Å². The average Bonchev–Trinajstić information content (AvgIpc) is 3.11. The van der Waals surface area contributed by atoms with Crippen molar-refractivity contribution in [2.75, 3.05) is 0 Å². The molecule has 8 nitrogen and oxygen atoms in total. The van der Waals surface area contributed by atoms with Gasteiger partial charge in [-0.1, -0.05) is 29.3 Å². The number of hydrogen-bond donors (Lipinski definition) is 1. The van der Waals surface area contributed by atoms with E-state index in [-0.39, 0.29) is 12.2 Å². The van der Waals surface area contributed by atoms with Gasteiger partial charge < -0.3 is 9.14 Å². The van der Waals surface area contributed by atoms with Crippen LogP contribution in [0, 0.1) is 0 Å². The number of nitrogens with zero attached hydrogens (tertiary/aromatic N) is 3. The van der Waals surface area contributed by atoms with Gasteiger partial charge in [-0.2, -0.15) is 0 Å². The van der Waals surface area contributed by atoms with E-state index in [1.165, 1.54) is 12.1 Å². The summed E-state index contributed by atoms with van der Waals surface area (Å²) in [5, 5.41) is 3.23. The second-order valence-corrected chi connectivity index (χ2v) is 6.92. The highest BCUT2D eigenvalue weighted by Gasteiger charge is 2.12. The number of benzene rings is 1. The molecule has 0 amide bonds. The molecule has 0 spiro atoms. The number of aromatic nitrogens is 4. The van der Waals surface area contributed by atoms with Crippen LogP contribution < -0.4 is 11.1 Å². The van der Waals surface area contributed by atoms with Crippen LogP contribution in [0.15, 0.2) is 64.4 Å². The first kappa shape index (κ1) is 19.0. The zero-order valence-electron chi connectivity index (χ0n) is 14.6. The first-order valence-corrected chi connectivity index (χ1v) is 9.09. The zero-order chi connectivity index (χ0) is 20.5. The van der Waals surface area contributed by atoms with Crippen LogP contribution >= 0.6 is 23.2 Å². The maximum Gasteiger partial charge on any atom is 0.338 e. The molecule has 0 aliphatic rings. The summed E-state index contributed by atoms with van der Waals surface area (Å²) in [5.41, 5.74) is 0.651. The summed E-state index contributed by atoms with van der Waals surface area (Å²) >= 11 is 12.1. The van der Waals surface area contributed by atoms with Gasteiger partial charge in [-0.3, -0.25) is 14.7 Å². The van der Waals surface area contributed by atoms with E-state index < -0.39 is 17.1 Å². The van der Waals surface area contributed by atoms with Gasteiger partial charge in [0.1, 0.15) is 6.61 Å². The maximum atomic E-state index is 12.4. The summed E-state index contributed by atoms with van der Waals surface area (Å²) in [6.45, 7) is -0.0825. The number of rotatable bonds is 4. The van der Waals surface area contributed by atoms with E-state index in [1.54, 1.807) is 35.0 Å². The Morgan fingerprint density at radius 3 is 2.76 bits per heavy atom. The van der Waals surface area contributed by atoms with E-state index in [4.69, 9.17) is 27.9 Å². The molecule has 10 heteroatoms. The van der Waals surface area contributed by atoms with E-state index >= 15 is 0 Å². The maximum absolute atomic E-state index is 12.4. The number of imidazole rings is 1. The van der Waals surface area contributed by atoms with Gasteiger partial charge in [0.2, 0.25) is 0 Å². The second kappa shape index (κ2) is 7.57. The van der Waals surface area contributed by atoms with Gasteiger partial charge in [0, 0.05) is 24.5 Å². The first-order chi connectivity index (χ1) is 13.9. The Balaban J connectivity index is 1.55. The van der Waals surface area contributed by atoms with E-state index in [9.17, 15) is 14.4 Å². The van der Waals surface area contributed by atoms with Crippen LogP contribution in [0.5, 0.6) is 0 Å². The van der Waals surface area contributed by atoms with E-state index in [0.29, 0.717) is 27.1 Å². The monoisotopic (exact) mass is 430 g/mol. The van der Waals surface area contributed by atoms with Crippen LogP contribution in [0.3, 0.4) is 0 Å². The van der Waals surface area contributed by atoms with Crippen LogP contribution in [0.25, 0.3) is 11.3 Å². The predicted molar refractivity (Wildman–Crippen MR) is 107 cm³/mol. The minimum absolute atomic E-state index is 0.0825. The summed E-state index contributed by atoms with van der Waals surface area (Å²) < 4.78 is 8.00. The second-order valence-electron chi connectivity index (χ2n) is 6.08. The van der Waals surface area contributed by atoms with Crippen LogP contribution in [0.2, 0.25) is 10.0 Å². The molecule has 0 atom stereocenters. The lowest BCUT2D eigenvalue weighted by atomic mass is 10.2. The number of hydrogen-bond acceptors (Lipinski definition) is 5. The van der Waals surface area contributed by atoms with Crippen LogP contribution in [-0.4, -0.2) is 25.1 Å². The molecule has 0 aliphatic carbocycles. The SMILES string of the molecule is O=C(OCc1cn2cc(Cl)cc(Cl)c2n1)c1cccc(-n2[nH]c(=O)ccc2=O)c1. The number of aromatic amines is 1. The molecule has 4 aromatic rings. The summed E-state index contributed by atoms with van der Waals surface area (Å²) in [6, 6.07) is 10.00. The molecule has 1 aromatic carbocycles. The van der Waals surface area contributed by atoms with Crippen LogP contribution in [0.4, 0.5) is 0 Å². The van der Waals surface area contributed by atoms with Crippen molar-refractivity contribution in [1.82, 2.24) is 19.2 Å². The summed E-state index contributed by atoms with van der Waals surface area (Å²) in [6.07, 6.45) is 3.30. The molecule has 0 saturated carbocycles. The lowest BCUT2D eigenvalue weighted by Gasteiger charge is -2.07. The first-order valence-electron chi connectivity index (χ1n) is 8.33. The van der Waals surface area contributed by atoms with Crippen molar-refractivity contribution in [2.45, 2.75) is 6.61 Å². The van der Waals surface area contributed by atoms with E-state index in [1.807, 2.05) is 0 Å². The summed E-state index contributed by atoms with van der Waals surface area (Å²) in [5.74, 6) is -0.612. The number of carbonyl (C=O) groups is 1. The molecule has 0 aliphatic heterocycles. The molecule has 3 aromatic heterocycles. The van der Waals surface area contributed by atoms with Crippen molar-refractivity contribution in [2.24, 2.45) is 0 Å². The fraction of sp³-hybridized carbons (Fsp3) is 0.0526. The van der Waals surface area contributed by atoms with Gasteiger partial charge in [-0.15, -0.1) is 0 Å². The Hall–Kier alpha value is -3.36. The normalized spacial score (nSPS) is 11.0. The summed E-state index contributed by atoms with van der Waals surface area (Å²) in [4.78, 5) is 40.2. The summed E-state index contributed by atoms with van der Waals surface area (Å²) in [7, 11) is 0. The number of fused-ring (bicyclic) bond motifs is 1. The minimum Gasteiger partial charge on any atom is -0.456 e. The molecule has 0 fully saturated rings. The van der Waals surface area contributed by atoms with Crippen molar-refractivity contribution in [3.63, 3.8) is 0 Å². The smallest absolute Gasteiger partial charge is 0.338 e. The molecule has 1 N–H and O–H groups in total. The third-order valence-electron chi connectivity index (χ3n) is 4.03. The Labute approximate surface area is 172 Å². The molecule has 0 radical (unpaired) electrons. The van der Waals surface area contributed by atoms with Crippen molar-refractivity contribution >= 4 is 34.8 Å². The lowest BCUT2D eigenvalue weighted by molar-refractivity contribution is 0.0468. The van der Waals surface area contributed by atoms with Crippen molar-refractivity contribution in [3.8, 4) is 5.69 Å². The molecular formula is C19H12Cl2N4O4. The molecule has 4 rings (SSSR count). The zero-order valence-corrected chi connectivity index (χ0v) is 16.1. The number of carbonyl (C=O) groups excluding carboxylic acids is 1. The van der Waals surface area contributed by atoms with E-state index in [0.717, 1.165) is 16.8 Å². The highest BCUT2D eigenvalue weighted by Crippen LogP contribution is 2.22. The third kappa shape index (κ3) is 3.94. The number of nitrogens with one attached hydrogen (secondary N) is 1. The molecular weight excluding hydrogens is 419 g/mol. The van der Waals surface area contributed by atoms with Gasteiger partial charge in [0.05, 0.1) is 27.0 Å². The van der Waals surface area contributed by atoms with Gasteiger partial charge in [-0.05, 0) is 24.3 Å². The lowest BCUT2D eigenvalue weighted by Crippen LogP contribution is -2.26. The molecule has 0 unspecified atom stereocenters. The highest BCUT2D eigenvalue weighted by molar-refractivity contribution is 6.36. The largest absolute Gasteiger partial charge is 0.456 e. The van der Waals surface area contributed by atoms with Crippen molar-refractivity contribution in [3.05, 3.63) is 96.9 Å². The van der Waals surface area contributed by atoms with Gasteiger partial charge >= 0.3 is 5.97 Å². The number of pyridine rings is 1. The predicted octanol–water partition coefficient (Wildman–Crippen LogP) is 2.84. The fourth-order valence-electron chi connectivity index (χ4n) is 2.76. The highest BCUT2D eigenvalue weighted by atomic mass is 35.5. The van der Waals surface area contributed by atoms with Crippen LogP contribution in [-0.2, 0) is 11.3 Å². The number of halogens is 2. The van der Waals surface area contributed by atoms with E-state index in [2.05, 4.69) is 10.1 Å². The third-order valence-corrected chi connectivity index (χ3v) is 4.52. The average molecular weight is 431 g/mol. The Morgan fingerprint density at radius 1 is 1.10 bits per heavy atom. The Morgan fingerprint density at radius 2 is 1.93 bits per heavy atom. The molecule has 0 bridgehead atoms. The Kier molecular flexibility index (Phi) is 4.96. The van der Waals surface area contributed by atoms with Gasteiger partial charge in [0.25, 0.3) is 11.1 Å². The quantitative estimate of drug-likeness (QED) is 0.501. The van der Waals surface area contributed by atoms with Crippen molar-refractivity contribution in [1.29, 1.82) is 0 Å². The molecule has 146 valence electrons. The number of H-pyrrole nitrogens is 1. The topological polar surface area (TPSA) is 98.5 Å². The standard InChI is InChI=1S/C19H12Cl2N4O4/c20-12-7-15(21)18-22-13(9-24(18)8-12)10-29-19(28)11-2-1-3-14(6-11)25-17(27)5-4-16(26)23-25/h1-9H,10H2,(H,23,26). The number of ether oxygens (including phenoxy) is 1. The van der Waals surface area contributed by atoms with Crippen molar-refractivity contribution < 1.29 is 9.53 Å². The molecule has 29 heavy (non-hydrogen) atoms.